The average molecular weight is 494 g/mol. The lowest BCUT2D eigenvalue weighted by molar-refractivity contribution is -0.196. The molecule has 0 aromatic rings. The van der Waals surface area contributed by atoms with E-state index in [4.69, 9.17) is 45.3 Å². The molecular weight excluding hydrogens is 475 g/mol. The molecule has 1 saturated heterocycles. The van der Waals surface area contributed by atoms with Crippen molar-refractivity contribution in [3.63, 3.8) is 0 Å². The van der Waals surface area contributed by atoms with Crippen molar-refractivity contribution < 1.29 is 34.1 Å². The molecule has 1 rings (SSSR count). The molecule has 6 N–H and O–H groups in total. The summed E-state index contributed by atoms with van der Waals surface area (Å²) in [6.45, 7) is 4.47. The number of esters is 1. The number of hydrogen-bond acceptors (Lipinski definition) is 9. The summed E-state index contributed by atoms with van der Waals surface area (Å²) in [5, 5.41) is 19.2. The van der Waals surface area contributed by atoms with Gasteiger partial charge in [0.15, 0.2) is 3.79 Å². The van der Waals surface area contributed by atoms with Crippen molar-refractivity contribution in [3.8, 4) is 0 Å². The lowest BCUT2D eigenvalue weighted by atomic mass is 9.90. The minimum atomic E-state index is -3.22. The van der Waals surface area contributed by atoms with E-state index in [1.54, 1.807) is 6.92 Å². The molecule has 164 valence electrons. The van der Waals surface area contributed by atoms with Gasteiger partial charge in [0, 0.05) is 6.42 Å². The SMILES string of the molecule is C=C(C)C1[C@@H](N)C(=O)N1CC(=O)OC(C(=O)O)(C(=O)O)[C@H](CC(Cl)(Cl)Cl)NNS. The number of aliphatic carboxylic acids is 2. The molecule has 0 aliphatic carbocycles. The molecule has 1 fully saturated rings. The summed E-state index contributed by atoms with van der Waals surface area (Å²) in [4.78, 5) is 51.0. The van der Waals surface area contributed by atoms with Crippen molar-refractivity contribution in [2.75, 3.05) is 6.54 Å². The van der Waals surface area contributed by atoms with E-state index in [2.05, 4.69) is 24.8 Å². The number of nitrogens with one attached hydrogen (secondary N) is 2. The number of ether oxygens (including phenoxy) is 1. The Morgan fingerprint density at radius 2 is 1.86 bits per heavy atom. The number of carbonyl (C=O) groups excluding carboxylic acids is 2. The van der Waals surface area contributed by atoms with Crippen LogP contribution in [0.1, 0.15) is 13.3 Å². The van der Waals surface area contributed by atoms with Gasteiger partial charge >= 0.3 is 23.5 Å². The van der Waals surface area contributed by atoms with E-state index in [-0.39, 0.29) is 0 Å². The maximum absolute atomic E-state index is 12.4. The number of halogens is 3. The van der Waals surface area contributed by atoms with E-state index in [9.17, 15) is 29.4 Å². The van der Waals surface area contributed by atoms with Crippen LogP contribution >= 0.6 is 47.6 Å². The second-order valence-corrected chi connectivity index (χ2v) is 8.97. The molecular formula is C14H19Cl3N4O7S. The summed E-state index contributed by atoms with van der Waals surface area (Å²) in [5.41, 5.74) is 5.09. The number of amides is 1. The molecule has 0 spiro atoms. The Balaban J connectivity index is 3.20. The molecule has 0 radical (unpaired) electrons. The molecule has 1 heterocycles. The smallest absolute Gasteiger partial charge is 0.361 e. The van der Waals surface area contributed by atoms with Gasteiger partial charge in [0.1, 0.15) is 12.6 Å². The number of β-lactam (4-membered cyclic amide) rings is 1. The Morgan fingerprint density at radius 1 is 1.34 bits per heavy atom. The first-order valence-corrected chi connectivity index (χ1v) is 9.38. The summed E-state index contributed by atoms with van der Waals surface area (Å²) in [5.74, 6) is -6.07. The predicted octanol–water partition coefficient (Wildman–Crippen LogP) is -0.380. The molecule has 1 aliphatic heterocycles. The summed E-state index contributed by atoms with van der Waals surface area (Å²) >= 11 is 20.6. The number of likely N-dealkylation sites (tertiary alicyclic amines) is 1. The van der Waals surface area contributed by atoms with Crippen LogP contribution in [0.3, 0.4) is 0 Å². The summed E-state index contributed by atoms with van der Waals surface area (Å²) in [7, 11) is 0. The van der Waals surface area contributed by atoms with Crippen molar-refractivity contribution in [2.24, 2.45) is 5.73 Å². The molecule has 11 nitrogen and oxygen atoms in total. The van der Waals surface area contributed by atoms with Crippen LogP contribution in [0.2, 0.25) is 0 Å². The Bertz CT molecular complexity index is 704. The van der Waals surface area contributed by atoms with Gasteiger partial charge in [-0.2, -0.15) is 0 Å². The minimum Gasteiger partial charge on any atom is -0.478 e. The summed E-state index contributed by atoms with van der Waals surface area (Å²) < 4.78 is 2.71. The maximum Gasteiger partial charge on any atom is 0.361 e. The molecule has 29 heavy (non-hydrogen) atoms. The number of rotatable bonds is 10. The molecule has 0 saturated carbocycles. The summed E-state index contributed by atoms with van der Waals surface area (Å²) in [6, 6.07) is -3.39. The first kappa shape index (κ1) is 25.8. The minimum absolute atomic E-state index is 0.475. The van der Waals surface area contributed by atoms with Crippen LogP contribution in [0.15, 0.2) is 12.2 Å². The van der Waals surface area contributed by atoms with Gasteiger partial charge in [-0.05, 0) is 6.92 Å². The molecule has 0 aromatic carbocycles. The number of nitrogens with two attached hydrogens (primary N) is 1. The van der Waals surface area contributed by atoms with Gasteiger partial charge < -0.3 is 25.6 Å². The number of carboxylic acid groups (broad SMARTS) is 2. The van der Waals surface area contributed by atoms with Crippen molar-refractivity contribution in [3.05, 3.63) is 12.2 Å². The highest BCUT2D eigenvalue weighted by Gasteiger charge is 2.59. The van der Waals surface area contributed by atoms with Gasteiger partial charge in [-0.25, -0.2) is 19.8 Å². The van der Waals surface area contributed by atoms with Gasteiger partial charge in [0.2, 0.25) is 5.91 Å². The Hall–Kier alpha value is -1.28. The van der Waals surface area contributed by atoms with Crippen molar-refractivity contribution in [1.82, 2.24) is 15.2 Å². The monoisotopic (exact) mass is 492 g/mol. The van der Waals surface area contributed by atoms with Crippen LogP contribution in [0.4, 0.5) is 0 Å². The third-order valence-electron chi connectivity index (χ3n) is 4.12. The molecule has 15 heteroatoms. The number of hydrogen-bond donors (Lipinski definition) is 6. The van der Waals surface area contributed by atoms with Crippen LogP contribution in [-0.2, 0) is 23.9 Å². The fourth-order valence-electron chi connectivity index (χ4n) is 2.83. The number of carbonyl (C=O) groups is 4. The van der Waals surface area contributed by atoms with Crippen LogP contribution in [0.5, 0.6) is 0 Å². The van der Waals surface area contributed by atoms with Crippen LogP contribution < -0.4 is 16.0 Å². The first-order chi connectivity index (χ1) is 13.2. The quantitative estimate of drug-likeness (QED) is 0.0448. The zero-order chi connectivity index (χ0) is 22.7. The van der Waals surface area contributed by atoms with Crippen LogP contribution in [-0.4, -0.2) is 73.0 Å². The fourth-order valence-corrected chi connectivity index (χ4v) is 3.45. The van der Waals surface area contributed by atoms with Crippen molar-refractivity contribution >= 4 is 71.4 Å². The fraction of sp³-hybridized carbons (Fsp3) is 0.571. The second-order valence-electron chi connectivity index (χ2n) is 6.23. The first-order valence-electron chi connectivity index (χ1n) is 7.80. The van der Waals surface area contributed by atoms with Crippen LogP contribution in [0.25, 0.3) is 0 Å². The Labute approximate surface area is 186 Å². The van der Waals surface area contributed by atoms with E-state index in [1.165, 1.54) is 0 Å². The van der Waals surface area contributed by atoms with Gasteiger partial charge in [-0.1, -0.05) is 59.8 Å². The van der Waals surface area contributed by atoms with Gasteiger partial charge in [-0.3, -0.25) is 9.59 Å². The number of carboxylic acids is 2. The molecule has 1 unspecified atom stereocenters. The topological polar surface area (TPSA) is 171 Å². The van der Waals surface area contributed by atoms with E-state index in [0.717, 1.165) is 4.90 Å². The Morgan fingerprint density at radius 3 is 2.24 bits per heavy atom. The van der Waals surface area contributed by atoms with Gasteiger partial charge in [0.05, 0.1) is 12.1 Å². The van der Waals surface area contributed by atoms with Crippen LogP contribution in [0, 0.1) is 0 Å². The average Bonchev–Trinajstić information content (AvgIpc) is 2.56. The number of hydrazine groups is 1. The summed E-state index contributed by atoms with van der Waals surface area (Å²) in [6.07, 6.45) is -0.709. The molecule has 1 aliphatic rings. The zero-order valence-corrected chi connectivity index (χ0v) is 18.1. The molecule has 0 aromatic heterocycles. The van der Waals surface area contributed by atoms with E-state index >= 15 is 0 Å². The number of nitrogens with zero attached hydrogens (tertiary/aromatic N) is 1. The normalized spacial score (nSPS) is 20.6. The molecule has 0 bridgehead atoms. The van der Waals surface area contributed by atoms with Gasteiger partial charge in [0.25, 0.3) is 0 Å². The standard InChI is InChI=1S/C14H19Cl3N4O7S/c1-5(2)9-8(18)10(23)21(9)4-7(22)28-14(11(24)25,12(26)27)6(19-20-29)3-13(15,16)17/h6,8-9,19-20,29H,1,3-4,18H2,2H3,(H,24,25)(H,26,27)/t6-,8+,9?/m0/s1. The largest absolute Gasteiger partial charge is 0.478 e. The lowest BCUT2D eigenvalue weighted by Crippen LogP contribution is -2.70. The van der Waals surface area contributed by atoms with Crippen molar-refractivity contribution in [2.45, 2.75) is 40.9 Å². The third-order valence-corrected chi connectivity index (χ3v) is 4.72. The lowest BCUT2D eigenvalue weighted by Gasteiger charge is -2.45. The van der Waals surface area contributed by atoms with E-state index < -0.39 is 64.3 Å². The number of thiol groups is 1. The molecule has 3 atom stereocenters. The number of alkyl halides is 3. The highest BCUT2D eigenvalue weighted by Crippen LogP contribution is 2.35. The van der Waals surface area contributed by atoms with Crippen molar-refractivity contribution in [1.29, 1.82) is 0 Å². The molecule has 1 amide bonds. The predicted molar refractivity (Wildman–Crippen MR) is 106 cm³/mol. The highest BCUT2D eigenvalue weighted by atomic mass is 35.6. The van der Waals surface area contributed by atoms with E-state index in [1.807, 2.05) is 4.83 Å². The highest BCUT2D eigenvalue weighted by molar-refractivity contribution is 7.78. The second kappa shape index (κ2) is 9.69. The zero-order valence-electron chi connectivity index (χ0n) is 14.9. The third kappa shape index (κ3) is 5.66. The van der Waals surface area contributed by atoms with Gasteiger partial charge in [-0.15, -0.1) is 0 Å². The van der Waals surface area contributed by atoms with E-state index in [0.29, 0.717) is 5.57 Å². The maximum atomic E-state index is 12.4. The Kier molecular flexibility index (Phi) is 8.60.